The van der Waals surface area contributed by atoms with E-state index in [2.05, 4.69) is 28.1 Å². The van der Waals surface area contributed by atoms with Gasteiger partial charge in [0, 0.05) is 22.9 Å². The largest absolute Gasteiger partial charge is 0.337 e. The Bertz CT molecular complexity index is 528. The molecule has 0 radical (unpaired) electrons. The van der Waals surface area contributed by atoms with Gasteiger partial charge >= 0.3 is 6.03 Å². The van der Waals surface area contributed by atoms with Crippen molar-refractivity contribution in [2.24, 2.45) is 0 Å². The zero-order valence-electron chi connectivity index (χ0n) is 12.0. The van der Waals surface area contributed by atoms with E-state index in [9.17, 15) is 4.79 Å². The lowest BCUT2D eigenvalue weighted by Crippen LogP contribution is -2.38. The monoisotopic (exact) mass is 320 g/mol. The minimum atomic E-state index is -0.108. The molecule has 2 rings (SSSR count). The molecule has 0 spiro atoms. The van der Waals surface area contributed by atoms with Crippen LogP contribution in [0.3, 0.4) is 0 Å². The molecular weight excluding hydrogens is 300 g/mol. The topological polar surface area (TPSA) is 41.1 Å². The van der Waals surface area contributed by atoms with Crippen LogP contribution >= 0.6 is 23.1 Å². The van der Waals surface area contributed by atoms with Crippen molar-refractivity contribution in [3.63, 3.8) is 0 Å². The first-order chi connectivity index (χ1) is 10.3. The quantitative estimate of drug-likeness (QED) is 0.756. The summed E-state index contributed by atoms with van der Waals surface area (Å²) in [6, 6.07) is 14.1. The van der Waals surface area contributed by atoms with E-state index < -0.39 is 0 Å². The Kier molecular flexibility index (Phi) is 6.63. The number of nitrogens with one attached hydrogen (secondary N) is 2. The summed E-state index contributed by atoms with van der Waals surface area (Å²) in [6.07, 6.45) is 0. The van der Waals surface area contributed by atoms with Crippen LogP contribution < -0.4 is 10.6 Å². The van der Waals surface area contributed by atoms with Crippen molar-refractivity contribution in [2.75, 3.05) is 12.3 Å². The SMILES string of the molecule is CC(NC(=O)NCCSCc1cccs1)c1ccccc1. The van der Waals surface area contributed by atoms with Crippen molar-refractivity contribution in [1.29, 1.82) is 0 Å². The lowest BCUT2D eigenvalue weighted by Gasteiger charge is -2.14. The average molecular weight is 320 g/mol. The number of amides is 2. The Morgan fingerprint density at radius 1 is 1.24 bits per heavy atom. The molecule has 1 aromatic heterocycles. The summed E-state index contributed by atoms with van der Waals surface area (Å²) in [4.78, 5) is 13.2. The Morgan fingerprint density at radius 2 is 2.05 bits per heavy atom. The Hall–Kier alpha value is -1.46. The summed E-state index contributed by atoms with van der Waals surface area (Å²) in [5.74, 6) is 1.94. The number of urea groups is 1. The van der Waals surface area contributed by atoms with Crippen molar-refractivity contribution in [3.8, 4) is 0 Å². The van der Waals surface area contributed by atoms with Gasteiger partial charge < -0.3 is 10.6 Å². The highest BCUT2D eigenvalue weighted by molar-refractivity contribution is 7.98. The maximum atomic E-state index is 11.8. The van der Waals surface area contributed by atoms with Gasteiger partial charge in [-0.15, -0.1) is 11.3 Å². The van der Waals surface area contributed by atoms with Gasteiger partial charge in [-0.05, 0) is 23.9 Å². The second-order valence-corrected chi connectivity index (χ2v) is 6.80. The maximum absolute atomic E-state index is 11.8. The first kappa shape index (κ1) is 15.9. The highest BCUT2D eigenvalue weighted by Crippen LogP contribution is 2.16. The van der Waals surface area contributed by atoms with Gasteiger partial charge in [-0.25, -0.2) is 4.79 Å². The van der Waals surface area contributed by atoms with Crippen LogP contribution in [0.5, 0.6) is 0 Å². The number of carbonyl (C=O) groups excluding carboxylic acids is 1. The second kappa shape index (κ2) is 8.74. The molecule has 0 bridgehead atoms. The van der Waals surface area contributed by atoms with Crippen molar-refractivity contribution >= 4 is 29.1 Å². The lowest BCUT2D eigenvalue weighted by molar-refractivity contribution is 0.238. The third-order valence-electron chi connectivity index (χ3n) is 3.00. The second-order valence-electron chi connectivity index (χ2n) is 4.66. The summed E-state index contributed by atoms with van der Waals surface area (Å²) < 4.78 is 0. The number of carbonyl (C=O) groups is 1. The molecule has 0 aliphatic rings. The van der Waals surface area contributed by atoms with Crippen LogP contribution in [-0.4, -0.2) is 18.3 Å². The van der Waals surface area contributed by atoms with Gasteiger partial charge in [0.05, 0.1) is 6.04 Å². The van der Waals surface area contributed by atoms with E-state index in [0.717, 1.165) is 17.1 Å². The van der Waals surface area contributed by atoms with Crippen molar-refractivity contribution in [2.45, 2.75) is 18.7 Å². The summed E-state index contributed by atoms with van der Waals surface area (Å²) in [5, 5.41) is 7.93. The van der Waals surface area contributed by atoms with Crippen molar-refractivity contribution in [3.05, 3.63) is 58.3 Å². The van der Waals surface area contributed by atoms with E-state index in [1.54, 1.807) is 11.3 Å². The third-order valence-corrected chi connectivity index (χ3v) is 5.07. The summed E-state index contributed by atoms with van der Waals surface area (Å²) in [7, 11) is 0. The molecule has 112 valence electrons. The molecule has 1 unspecified atom stereocenters. The molecule has 0 saturated heterocycles. The van der Waals surface area contributed by atoms with Crippen LogP contribution in [0.25, 0.3) is 0 Å². The summed E-state index contributed by atoms with van der Waals surface area (Å²) >= 11 is 3.61. The normalized spacial score (nSPS) is 11.9. The molecule has 1 aromatic carbocycles. The van der Waals surface area contributed by atoms with Crippen molar-refractivity contribution < 1.29 is 4.79 Å². The number of thioether (sulfide) groups is 1. The fourth-order valence-corrected chi connectivity index (χ4v) is 3.58. The van der Waals surface area contributed by atoms with E-state index in [1.165, 1.54) is 4.88 Å². The average Bonchev–Trinajstić information content (AvgIpc) is 3.01. The summed E-state index contributed by atoms with van der Waals surface area (Å²) in [5.41, 5.74) is 1.11. The van der Waals surface area contributed by atoms with Crippen LogP contribution in [0.4, 0.5) is 4.79 Å². The molecule has 2 aromatic rings. The van der Waals surface area contributed by atoms with Crippen LogP contribution in [0.15, 0.2) is 47.8 Å². The maximum Gasteiger partial charge on any atom is 0.315 e. The minimum absolute atomic E-state index is 0.0185. The van der Waals surface area contributed by atoms with Gasteiger partial charge in [-0.3, -0.25) is 0 Å². The van der Waals surface area contributed by atoms with Gasteiger partial charge in [0.1, 0.15) is 0 Å². The molecule has 2 amide bonds. The Labute approximate surface area is 134 Å². The minimum Gasteiger partial charge on any atom is -0.337 e. The highest BCUT2D eigenvalue weighted by atomic mass is 32.2. The highest BCUT2D eigenvalue weighted by Gasteiger charge is 2.07. The molecule has 3 nitrogen and oxygen atoms in total. The van der Waals surface area contributed by atoms with Crippen LogP contribution in [0.1, 0.15) is 23.4 Å². The van der Waals surface area contributed by atoms with E-state index >= 15 is 0 Å². The fraction of sp³-hybridized carbons (Fsp3) is 0.312. The van der Waals surface area contributed by atoms with Gasteiger partial charge in [0.15, 0.2) is 0 Å². The molecule has 1 heterocycles. The number of benzene rings is 1. The molecule has 0 saturated carbocycles. The van der Waals surface area contributed by atoms with Crippen molar-refractivity contribution in [1.82, 2.24) is 10.6 Å². The van der Waals surface area contributed by atoms with Gasteiger partial charge in [0.25, 0.3) is 0 Å². The van der Waals surface area contributed by atoms with Gasteiger partial charge in [-0.2, -0.15) is 11.8 Å². The number of rotatable bonds is 7. The summed E-state index contributed by atoms with van der Waals surface area (Å²) in [6.45, 7) is 2.67. The molecule has 2 N–H and O–H groups in total. The molecular formula is C16H20N2OS2. The van der Waals surface area contributed by atoms with E-state index in [-0.39, 0.29) is 12.1 Å². The Morgan fingerprint density at radius 3 is 2.76 bits per heavy atom. The predicted octanol–water partition coefficient (Wildman–Crippen LogP) is 4.04. The van der Waals surface area contributed by atoms with Crippen LogP contribution in [0, 0.1) is 0 Å². The Balaban J connectivity index is 1.59. The molecule has 0 fully saturated rings. The first-order valence-electron chi connectivity index (χ1n) is 6.95. The van der Waals surface area contributed by atoms with Crippen LogP contribution in [-0.2, 0) is 5.75 Å². The van der Waals surface area contributed by atoms with Gasteiger partial charge in [0.2, 0.25) is 0 Å². The van der Waals surface area contributed by atoms with E-state index in [4.69, 9.17) is 0 Å². The molecule has 21 heavy (non-hydrogen) atoms. The third kappa shape index (κ3) is 5.81. The van der Waals surface area contributed by atoms with Gasteiger partial charge in [-0.1, -0.05) is 36.4 Å². The zero-order valence-corrected chi connectivity index (χ0v) is 13.7. The van der Waals surface area contributed by atoms with E-state index in [0.29, 0.717) is 6.54 Å². The molecule has 1 atom stereocenters. The molecule has 0 aliphatic heterocycles. The first-order valence-corrected chi connectivity index (χ1v) is 8.98. The molecule has 0 aliphatic carbocycles. The smallest absolute Gasteiger partial charge is 0.315 e. The van der Waals surface area contributed by atoms with E-state index in [1.807, 2.05) is 49.0 Å². The number of hydrogen-bond donors (Lipinski definition) is 2. The number of thiophene rings is 1. The number of hydrogen-bond acceptors (Lipinski definition) is 3. The fourth-order valence-electron chi connectivity index (χ4n) is 1.88. The van der Waals surface area contributed by atoms with Crippen LogP contribution in [0.2, 0.25) is 0 Å². The zero-order chi connectivity index (χ0) is 14.9. The lowest BCUT2D eigenvalue weighted by atomic mass is 10.1. The predicted molar refractivity (Wildman–Crippen MR) is 91.9 cm³/mol. The standard InChI is InChI=1S/C16H20N2OS2/c1-13(14-6-3-2-4-7-14)18-16(19)17-9-11-20-12-15-8-5-10-21-15/h2-8,10,13H,9,11-12H2,1H3,(H2,17,18,19). The molecule has 5 heteroatoms.